The van der Waals surface area contributed by atoms with Gasteiger partial charge in [-0.1, -0.05) is 30.3 Å². The third-order valence-corrected chi connectivity index (χ3v) is 6.39. The number of H-pyrrole nitrogens is 1. The van der Waals surface area contributed by atoms with Crippen LogP contribution in [0.3, 0.4) is 0 Å². The van der Waals surface area contributed by atoms with Gasteiger partial charge in [-0.2, -0.15) is 4.98 Å². The Balaban J connectivity index is 1.63. The summed E-state index contributed by atoms with van der Waals surface area (Å²) in [5, 5.41) is 2.73. The molecule has 3 rings (SSSR count). The molecule has 0 amide bonds. The number of anilines is 1. The van der Waals surface area contributed by atoms with Crippen molar-refractivity contribution in [2.24, 2.45) is 0 Å². The number of nitrogens with two attached hydrogens (primary N) is 1. The van der Waals surface area contributed by atoms with Crippen molar-refractivity contribution in [1.82, 2.24) is 24.6 Å². The molecule has 0 saturated heterocycles. The van der Waals surface area contributed by atoms with Crippen LogP contribution >= 0.6 is 7.52 Å². The molecule has 178 valence electrons. The van der Waals surface area contributed by atoms with Gasteiger partial charge in [-0.15, -0.1) is 0 Å². The fourth-order valence-corrected chi connectivity index (χ4v) is 4.61. The van der Waals surface area contributed by atoms with E-state index in [1.807, 2.05) is 30.3 Å². The zero-order valence-electron chi connectivity index (χ0n) is 18.4. The Labute approximate surface area is 190 Å². The number of nitrogen functional groups attached to an aromatic ring is 1. The minimum Gasteiger partial charge on any atom is -0.465 e. The number of nitrogens with zero attached hydrogens (tertiary/aromatic N) is 3. The molecule has 4 N–H and O–H groups in total. The van der Waals surface area contributed by atoms with Gasteiger partial charge in [-0.25, -0.2) is 10.1 Å². The van der Waals surface area contributed by atoms with E-state index in [2.05, 4.69) is 20.0 Å². The maximum Gasteiger partial charge on any atom is 0.323 e. The monoisotopic (exact) mass is 478 g/mol. The molecular formula is C20H27N6O6P. The lowest BCUT2D eigenvalue weighted by molar-refractivity contribution is -0.144. The fraction of sp³-hybridized carbons (Fsp3) is 0.400. The van der Waals surface area contributed by atoms with Gasteiger partial charge in [0.25, 0.3) is 13.1 Å². The molecule has 1 unspecified atom stereocenters. The molecule has 33 heavy (non-hydrogen) atoms. The SMILES string of the molecule is CCOC(=O)[C@H](C)NP(=O)(COCCn1cnc2c(=O)[nH]c(N)nc21)OCc1ccccc1. The summed E-state index contributed by atoms with van der Waals surface area (Å²) < 4.78 is 31.3. The van der Waals surface area contributed by atoms with Crippen LogP contribution in [-0.4, -0.2) is 51.1 Å². The summed E-state index contributed by atoms with van der Waals surface area (Å²) in [5.74, 6) is -0.564. The van der Waals surface area contributed by atoms with Crippen LogP contribution in [0.25, 0.3) is 11.2 Å². The molecular weight excluding hydrogens is 451 g/mol. The third kappa shape index (κ3) is 6.72. The normalized spacial score (nSPS) is 14.1. The number of ether oxygens (including phenoxy) is 2. The molecule has 0 saturated carbocycles. The van der Waals surface area contributed by atoms with Gasteiger partial charge in [-0.05, 0) is 19.4 Å². The van der Waals surface area contributed by atoms with Crippen LogP contribution in [0.4, 0.5) is 5.95 Å². The van der Waals surface area contributed by atoms with E-state index in [-0.39, 0.29) is 44.2 Å². The van der Waals surface area contributed by atoms with Crippen LogP contribution < -0.4 is 16.4 Å². The van der Waals surface area contributed by atoms with Crippen LogP contribution in [0.15, 0.2) is 41.5 Å². The molecule has 0 aliphatic heterocycles. The molecule has 1 aromatic carbocycles. The van der Waals surface area contributed by atoms with Crippen LogP contribution in [0.1, 0.15) is 19.4 Å². The number of esters is 1. The molecule has 3 aromatic rings. The first-order chi connectivity index (χ1) is 15.8. The van der Waals surface area contributed by atoms with E-state index in [4.69, 9.17) is 19.7 Å². The summed E-state index contributed by atoms with van der Waals surface area (Å²) >= 11 is 0. The van der Waals surface area contributed by atoms with E-state index in [1.165, 1.54) is 6.33 Å². The maximum atomic E-state index is 13.4. The molecule has 12 nitrogen and oxygen atoms in total. The topological polar surface area (TPSA) is 163 Å². The van der Waals surface area contributed by atoms with Crippen molar-refractivity contribution in [1.29, 1.82) is 0 Å². The molecule has 0 fully saturated rings. The Morgan fingerprint density at radius 3 is 2.82 bits per heavy atom. The first-order valence-electron chi connectivity index (χ1n) is 10.3. The van der Waals surface area contributed by atoms with Gasteiger partial charge < -0.3 is 24.3 Å². The lowest BCUT2D eigenvalue weighted by Crippen LogP contribution is -2.34. The number of nitrogens with one attached hydrogen (secondary N) is 2. The Kier molecular flexibility index (Phi) is 8.34. The van der Waals surface area contributed by atoms with E-state index in [0.29, 0.717) is 5.65 Å². The Hall–Kier alpha value is -3.05. The minimum atomic E-state index is -3.58. The van der Waals surface area contributed by atoms with Crippen LogP contribution in [0, 0.1) is 0 Å². The van der Waals surface area contributed by atoms with Crippen molar-refractivity contribution in [2.45, 2.75) is 33.0 Å². The van der Waals surface area contributed by atoms with Crippen molar-refractivity contribution >= 4 is 30.6 Å². The lowest BCUT2D eigenvalue weighted by atomic mass is 10.2. The van der Waals surface area contributed by atoms with Crippen molar-refractivity contribution < 1.29 is 23.4 Å². The van der Waals surface area contributed by atoms with E-state index in [0.717, 1.165) is 5.56 Å². The molecule has 0 radical (unpaired) electrons. The molecule has 0 bridgehead atoms. The highest BCUT2D eigenvalue weighted by Crippen LogP contribution is 2.44. The summed E-state index contributed by atoms with van der Waals surface area (Å²) in [6.07, 6.45) is 1.16. The number of benzene rings is 1. The average molecular weight is 478 g/mol. The molecule has 13 heteroatoms. The van der Waals surface area contributed by atoms with E-state index >= 15 is 0 Å². The third-order valence-electron chi connectivity index (χ3n) is 4.54. The van der Waals surface area contributed by atoms with Crippen LogP contribution in [0.5, 0.6) is 0 Å². The van der Waals surface area contributed by atoms with Gasteiger partial charge in [0.05, 0.1) is 26.1 Å². The predicted molar refractivity (Wildman–Crippen MR) is 121 cm³/mol. The smallest absolute Gasteiger partial charge is 0.323 e. The first kappa shape index (κ1) is 24.6. The van der Waals surface area contributed by atoms with Crippen molar-refractivity contribution in [2.75, 3.05) is 25.3 Å². The zero-order chi connectivity index (χ0) is 23.8. The summed E-state index contributed by atoms with van der Waals surface area (Å²) in [6, 6.07) is 8.37. The molecule has 2 heterocycles. The summed E-state index contributed by atoms with van der Waals surface area (Å²) in [6.45, 7) is 3.91. The van der Waals surface area contributed by atoms with Gasteiger partial charge in [0, 0.05) is 6.54 Å². The Bertz CT molecular complexity index is 1180. The van der Waals surface area contributed by atoms with Gasteiger partial charge in [0.15, 0.2) is 11.2 Å². The van der Waals surface area contributed by atoms with E-state index in [9.17, 15) is 14.2 Å². The fourth-order valence-electron chi connectivity index (χ4n) is 2.96. The second-order valence-electron chi connectivity index (χ2n) is 7.13. The Morgan fingerprint density at radius 1 is 1.33 bits per heavy atom. The number of aromatic nitrogens is 4. The predicted octanol–water partition coefficient (Wildman–Crippen LogP) is 1.63. The lowest BCUT2D eigenvalue weighted by Gasteiger charge is -2.23. The maximum absolute atomic E-state index is 13.4. The molecule has 2 aromatic heterocycles. The highest BCUT2D eigenvalue weighted by molar-refractivity contribution is 7.56. The second-order valence-corrected chi connectivity index (χ2v) is 9.26. The number of carbonyl (C=O) groups is 1. The summed E-state index contributed by atoms with van der Waals surface area (Å²) in [5.41, 5.74) is 6.46. The van der Waals surface area contributed by atoms with Gasteiger partial charge in [-0.3, -0.25) is 19.1 Å². The minimum absolute atomic E-state index is 0.0221. The Morgan fingerprint density at radius 2 is 2.09 bits per heavy atom. The highest BCUT2D eigenvalue weighted by atomic mass is 31.2. The van der Waals surface area contributed by atoms with Gasteiger partial charge >= 0.3 is 5.97 Å². The largest absolute Gasteiger partial charge is 0.465 e. The standard InChI is InChI=1S/C20H27N6O6P/c1-3-31-19(28)14(2)25-33(29,32-11-15-7-5-4-6-8-15)13-30-10-9-26-12-22-16-17(26)23-20(21)24-18(16)27/h4-8,12,14H,3,9-11,13H2,1-2H3,(H,25,29)(H3,21,23,24,27)/t14-,33?/m0/s1. The number of carbonyl (C=O) groups excluding carboxylic acids is 1. The number of hydrogen-bond acceptors (Lipinski definition) is 9. The summed E-state index contributed by atoms with van der Waals surface area (Å²) in [7, 11) is -3.58. The zero-order valence-corrected chi connectivity index (χ0v) is 19.3. The quantitative estimate of drug-likeness (QED) is 0.198. The highest BCUT2D eigenvalue weighted by Gasteiger charge is 2.29. The summed E-state index contributed by atoms with van der Waals surface area (Å²) in [4.78, 5) is 34.4. The van der Waals surface area contributed by atoms with Crippen molar-refractivity contribution in [3.8, 4) is 0 Å². The molecule has 0 aliphatic rings. The van der Waals surface area contributed by atoms with E-state index < -0.39 is 25.1 Å². The van der Waals surface area contributed by atoms with Crippen molar-refractivity contribution in [3.63, 3.8) is 0 Å². The molecule has 0 aliphatic carbocycles. The van der Waals surface area contributed by atoms with E-state index in [1.54, 1.807) is 18.4 Å². The first-order valence-corrected chi connectivity index (χ1v) is 12.1. The number of imidazole rings is 1. The van der Waals surface area contributed by atoms with Crippen LogP contribution in [-0.2, 0) is 36.5 Å². The van der Waals surface area contributed by atoms with Crippen molar-refractivity contribution in [3.05, 3.63) is 52.6 Å². The number of fused-ring (bicyclic) bond motifs is 1. The van der Waals surface area contributed by atoms with Gasteiger partial charge in [0.1, 0.15) is 12.4 Å². The number of rotatable bonds is 12. The van der Waals surface area contributed by atoms with Crippen LogP contribution in [0.2, 0.25) is 0 Å². The van der Waals surface area contributed by atoms with Gasteiger partial charge in [0.2, 0.25) is 5.95 Å². The molecule has 0 spiro atoms. The average Bonchev–Trinajstić information content (AvgIpc) is 3.19. The number of hydrogen-bond donors (Lipinski definition) is 3. The number of aromatic amines is 1. The second kappa shape index (κ2) is 11.2. The molecule has 2 atom stereocenters.